The van der Waals surface area contributed by atoms with E-state index in [2.05, 4.69) is 0 Å². The highest BCUT2D eigenvalue weighted by Crippen LogP contribution is 2.56. The van der Waals surface area contributed by atoms with Crippen molar-refractivity contribution in [2.45, 2.75) is 32.1 Å². The minimum absolute atomic E-state index is 0.0799. The molecule has 4 heteroatoms. The number of carbonyl (C=O) groups is 1. The quantitative estimate of drug-likeness (QED) is 0.616. The zero-order valence-electron chi connectivity index (χ0n) is 10.7. The van der Waals surface area contributed by atoms with Gasteiger partial charge in [0.25, 0.3) is 5.69 Å². The van der Waals surface area contributed by atoms with Gasteiger partial charge in [-0.3, -0.25) is 14.9 Å². The minimum atomic E-state index is -0.416. The van der Waals surface area contributed by atoms with E-state index in [0.29, 0.717) is 24.0 Å². The molecule has 0 radical (unpaired) electrons. The average Bonchev–Trinajstić information content (AvgIpc) is 3.13. The molecule has 0 amide bonds. The Bertz CT molecular complexity index is 497. The first kappa shape index (κ1) is 12.3. The summed E-state index contributed by atoms with van der Waals surface area (Å²) in [6, 6.07) is 6.34. The molecule has 100 valence electrons. The molecule has 0 N–H and O–H groups in total. The molecule has 0 saturated heterocycles. The number of fused-ring (bicyclic) bond motifs is 1. The minimum Gasteiger partial charge on any atom is -0.299 e. The van der Waals surface area contributed by atoms with Crippen LogP contribution in [0.2, 0.25) is 0 Å². The van der Waals surface area contributed by atoms with Gasteiger partial charge in [0.05, 0.1) is 4.92 Å². The molecule has 1 aromatic carbocycles. The van der Waals surface area contributed by atoms with Gasteiger partial charge in [-0.25, -0.2) is 0 Å². The molecule has 0 spiro atoms. The number of non-ortho nitro benzene ring substituents is 1. The fraction of sp³-hybridized carbons (Fsp3) is 0.533. The van der Waals surface area contributed by atoms with Crippen LogP contribution >= 0.6 is 0 Å². The normalized spacial score (nSPS) is 28.5. The summed E-state index contributed by atoms with van der Waals surface area (Å²) in [5.74, 6) is 1.88. The van der Waals surface area contributed by atoms with Gasteiger partial charge >= 0.3 is 0 Å². The van der Waals surface area contributed by atoms with Gasteiger partial charge < -0.3 is 0 Å². The Morgan fingerprint density at radius 2 is 1.74 bits per heavy atom. The molecule has 2 aliphatic carbocycles. The second-order valence-electron chi connectivity index (χ2n) is 5.70. The third-order valence-corrected chi connectivity index (χ3v) is 4.55. The van der Waals surface area contributed by atoms with Gasteiger partial charge in [0.1, 0.15) is 5.78 Å². The maximum Gasteiger partial charge on any atom is 0.269 e. The van der Waals surface area contributed by atoms with Crippen molar-refractivity contribution in [3.05, 3.63) is 39.9 Å². The zero-order chi connectivity index (χ0) is 13.4. The van der Waals surface area contributed by atoms with Crippen molar-refractivity contribution >= 4 is 11.5 Å². The van der Waals surface area contributed by atoms with Crippen LogP contribution in [0.5, 0.6) is 0 Å². The van der Waals surface area contributed by atoms with Crippen LogP contribution in [0.4, 0.5) is 5.69 Å². The molecule has 1 aromatic rings. The Balaban J connectivity index is 1.62. The highest BCUT2D eigenvalue weighted by atomic mass is 16.6. The lowest BCUT2D eigenvalue weighted by atomic mass is 10.0. The van der Waals surface area contributed by atoms with Gasteiger partial charge in [-0.05, 0) is 30.2 Å². The number of ketones is 1. The maximum absolute atomic E-state index is 12.2. The van der Waals surface area contributed by atoms with Crippen molar-refractivity contribution in [3.8, 4) is 0 Å². The van der Waals surface area contributed by atoms with Crippen molar-refractivity contribution in [1.29, 1.82) is 0 Å². The number of hydrogen-bond donors (Lipinski definition) is 0. The van der Waals surface area contributed by atoms with Crippen LogP contribution in [0.3, 0.4) is 0 Å². The summed E-state index contributed by atoms with van der Waals surface area (Å²) in [5, 5.41) is 10.6. The Morgan fingerprint density at radius 3 is 2.26 bits per heavy atom. The average molecular weight is 259 g/mol. The number of hydrogen-bond acceptors (Lipinski definition) is 3. The molecule has 0 aromatic heterocycles. The Kier molecular flexibility index (Phi) is 3.09. The highest BCUT2D eigenvalue weighted by Gasteiger charge is 2.53. The van der Waals surface area contributed by atoms with Crippen LogP contribution in [-0.2, 0) is 11.2 Å². The first-order valence-electron chi connectivity index (χ1n) is 6.93. The monoisotopic (exact) mass is 259 g/mol. The smallest absolute Gasteiger partial charge is 0.269 e. The van der Waals surface area contributed by atoms with Gasteiger partial charge in [-0.15, -0.1) is 0 Å². The Hall–Kier alpha value is -1.71. The van der Waals surface area contributed by atoms with Crippen LogP contribution in [-0.4, -0.2) is 10.7 Å². The predicted octanol–water partition coefficient (Wildman–Crippen LogP) is 3.14. The summed E-state index contributed by atoms with van der Waals surface area (Å²) in [6.07, 6.45) is 5.38. The van der Waals surface area contributed by atoms with Gasteiger partial charge in [-0.1, -0.05) is 25.0 Å². The van der Waals surface area contributed by atoms with Crippen molar-refractivity contribution < 1.29 is 9.72 Å². The number of Topliss-reactive ketones (excluding diaryl/α,β-unsaturated/α-hetero) is 1. The molecular weight excluding hydrogens is 242 g/mol. The van der Waals surface area contributed by atoms with E-state index in [1.165, 1.54) is 37.8 Å². The summed E-state index contributed by atoms with van der Waals surface area (Å²) in [7, 11) is 0. The lowest BCUT2D eigenvalue weighted by Crippen LogP contribution is -2.07. The van der Waals surface area contributed by atoms with Crippen molar-refractivity contribution in [2.75, 3.05) is 0 Å². The molecule has 2 atom stereocenters. The van der Waals surface area contributed by atoms with Crippen LogP contribution in [0.25, 0.3) is 0 Å². The molecule has 2 fully saturated rings. The molecule has 2 aliphatic rings. The summed E-state index contributed by atoms with van der Waals surface area (Å²) < 4.78 is 0. The van der Waals surface area contributed by atoms with Crippen LogP contribution in [0, 0.1) is 27.9 Å². The topological polar surface area (TPSA) is 60.2 Å². The second kappa shape index (κ2) is 4.76. The van der Waals surface area contributed by atoms with Crippen LogP contribution in [0.15, 0.2) is 24.3 Å². The SMILES string of the molecule is O=C(Cc1ccc([N+](=O)[O-])cc1)C1C2CCCCC21. The number of benzene rings is 1. The first-order valence-corrected chi connectivity index (χ1v) is 6.93. The van der Waals surface area contributed by atoms with Gasteiger partial charge in [-0.2, -0.15) is 0 Å². The van der Waals surface area contributed by atoms with Gasteiger partial charge in [0, 0.05) is 24.5 Å². The van der Waals surface area contributed by atoms with Crippen molar-refractivity contribution in [2.24, 2.45) is 17.8 Å². The number of carbonyl (C=O) groups excluding carboxylic acids is 1. The third kappa shape index (κ3) is 2.39. The second-order valence-corrected chi connectivity index (χ2v) is 5.70. The molecule has 19 heavy (non-hydrogen) atoms. The van der Waals surface area contributed by atoms with Gasteiger partial charge in [0.15, 0.2) is 0 Å². The van der Waals surface area contributed by atoms with Crippen LogP contribution in [0.1, 0.15) is 31.2 Å². The Labute approximate surface area is 112 Å². The van der Waals surface area contributed by atoms with E-state index in [1.807, 2.05) is 0 Å². The molecule has 2 saturated carbocycles. The van der Waals surface area contributed by atoms with E-state index in [-0.39, 0.29) is 11.6 Å². The number of rotatable bonds is 4. The van der Waals surface area contributed by atoms with E-state index in [1.54, 1.807) is 12.1 Å². The summed E-state index contributed by atoms with van der Waals surface area (Å²) >= 11 is 0. The molecular formula is C15H17NO3. The van der Waals surface area contributed by atoms with E-state index in [0.717, 1.165) is 5.56 Å². The lowest BCUT2D eigenvalue weighted by molar-refractivity contribution is -0.384. The van der Waals surface area contributed by atoms with Crippen molar-refractivity contribution in [1.82, 2.24) is 0 Å². The third-order valence-electron chi connectivity index (χ3n) is 4.55. The van der Waals surface area contributed by atoms with E-state index < -0.39 is 4.92 Å². The number of nitro groups is 1. The molecule has 0 heterocycles. The van der Waals surface area contributed by atoms with E-state index in [4.69, 9.17) is 0 Å². The van der Waals surface area contributed by atoms with Gasteiger partial charge in [0.2, 0.25) is 0 Å². The lowest BCUT2D eigenvalue weighted by Gasteiger charge is -2.04. The van der Waals surface area contributed by atoms with Crippen LogP contribution < -0.4 is 0 Å². The molecule has 0 bridgehead atoms. The standard InChI is InChI=1S/C15H17NO3/c17-14(15-12-3-1-2-4-13(12)15)9-10-5-7-11(8-6-10)16(18)19/h5-8,12-13,15H,1-4,9H2. The fourth-order valence-corrected chi connectivity index (χ4v) is 3.52. The fourth-order valence-electron chi connectivity index (χ4n) is 3.52. The van der Waals surface area contributed by atoms with E-state index in [9.17, 15) is 14.9 Å². The molecule has 0 aliphatic heterocycles. The summed E-state index contributed by atoms with van der Waals surface area (Å²) in [6.45, 7) is 0. The highest BCUT2D eigenvalue weighted by molar-refractivity contribution is 5.86. The molecule has 3 rings (SSSR count). The molecule has 2 unspecified atom stereocenters. The first-order chi connectivity index (χ1) is 9.16. The summed E-state index contributed by atoms with van der Waals surface area (Å²) in [4.78, 5) is 22.4. The molecule has 4 nitrogen and oxygen atoms in total. The summed E-state index contributed by atoms with van der Waals surface area (Å²) in [5.41, 5.74) is 0.968. The largest absolute Gasteiger partial charge is 0.299 e. The van der Waals surface area contributed by atoms with E-state index >= 15 is 0 Å². The Morgan fingerprint density at radius 1 is 1.16 bits per heavy atom. The number of nitro benzene ring substituents is 1. The maximum atomic E-state index is 12.2. The predicted molar refractivity (Wildman–Crippen MR) is 70.7 cm³/mol. The zero-order valence-corrected chi connectivity index (χ0v) is 10.7. The number of nitrogens with zero attached hydrogens (tertiary/aromatic N) is 1. The van der Waals surface area contributed by atoms with Crippen molar-refractivity contribution in [3.63, 3.8) is 0 Å².